The number of hydrogen-bond donors (Lipinski definition) is 1. The molecule has 1 heterocycles. The zero-order chi connectivity index (χ0) is 9.97. The summed E-state index contributed by atoms with van der Waals surface area (Å²) in [6.07, 6.45) is 4.36. The monoisotopic (exact) mass is 191 g/mol. The first kappa shape index (κ1) is 9.66. The number of aryl methyl sites for hydroxylation is 1. The van der Waals surface area contributed by atoms with E-state index in [-0.39, 0.29) is 6.10 Å². The van der Waals surface area contributed by atoms with Crippen molar-refractivity contribution in [3.63, 3.8) is 0 Å². The summed E-state index contributed by atoms with van der Waals surface area (Å²) in [4.78, 5) is 4.32. The maximum absolute atomic E-state index is 9.86. The van der Waals surface area contributed by atoms with Gasteiger partial charge in [0.1, 0.15) is 0 Å². The molecular formula is C12H17NO. The number of aliphatic hydroxyl groups is 1. The van der Waals surface area contributed by atoms with Crippen molar-refractivity contribution in [2.24, 2.45) is 5.92 Å². The average molecular weight is 191 g/mol. The van der Waals surface area contributed by atoms with Crippen LogP contribution in [-0.2, 0) is 0 Å². The predicted octanol–water partition coefficient (Wildman–Crippen LogP) is 2.61. The molecule has 1 aliphatic rings. The molecule has 0 spiro atoms. The lowest BCUT2D eigenvalue weighted by atomic mass is 10.1. The summed E-state index contributed by atoms with van der Waals surface area (Å²) in [5, 5.41) is 9.86. The number of aliphatic hydroxyl groups excluding tert-OH is 1. The first-order chi connectivity index (χ1) is 6.75. The third-order valence-electron chi connectivity index (χ3n) is 2.80. The van der Waals surface area contributed by atoms with Gasteiger partial charge in [-0.05, 0) is 37.8 Å². The molecule has 2 rings (SSSR count). The highest BCUT2D eigenvalue weighted by Gasteiger charge is 2.22. The Bertz CT molecular complexity index is 307. The number of nitrogens with zero attached hydrogens (tertiary/aromatic N) is 1. The Morgan fingerprint density at radius 1 is 1.50 bits per heavy atom. The molecule has 1 fully saturated rings. The van der Waals surface area contributed by atoms with Crippen molar-refractivity contribution >= 4 is 0 Å². The molecule has 0 saturated heterocycles. The summed E-state index contributed by atoms with van der Waals surface area (Å²) in [6, 6.07) is 5.82. The molecule has 1 aliphatic carbocycles. The lowest BCUT2D eigenvalue weighted by Crippen LogP contribution is -2.01. The van der Waals surface area contributed by atoms with Crippen LogP contribution in [0.2, 0.25) is 0 Å². The first-order valence-corrected chi connectivity index (χ1v) is 5.37. The summed E-state index contributed by atoms with van der Waals surface area (Å²) in [6.45, 7) is 1.96. The van der Waals surface area contributed by atoms with Gasteiger partial charge in [-0.2, -0.15) is 0 Å². The van der Waals surface area contributed by atoms with E-state index in [1.54, 1.807) is 0 Å². The van der Waals surface area contributed by atoms with E-state index in [9.17, 15) is 5.11 Å². The number of hydrogen-bond acceptors (Lipinski definition) is 2. The normalized spacial score (nSPS) is 18.1. The summed E-state index contributed by atoms with van der Waals surface area (Å²) in [7, 11) is 0. The molecular weight excluding hydrogens is 174 g/mol. The summed E-state index contributed by atoms with van der Waals surface area (Å²) in [5.74, 6) is 0.884. The Kier molecular flexibility index (Phi) is 2.82. The summed E-state index contributed by atoms with van der Waals surface area (Å²) >= 11 is 0. The largest absolute Gasteiger partial charge is 0.387 e. The molecule has 1 atom stereocenters. The maximum atomic E-state index is 9.86. The van der Waals surface area contributed by atoms with E-state index < -0.39 is 0 Å². The second kappa shape index (κ2) is 4.09. The summed E-state index contributed by atoms with van der Waals surface area (Å²) in [5.41, 5.74) is 1.80. The van der Waals surface area contributed by atoms with Crippen molar-refractivity contribution in [2.45, 2.75) is 38.7 Å². The van der Waals surface area contributed by atoms with Gasteiger partial charge in [-0.1, -0.05) is 18.9 Å². The topological polar surface area (TPSA) is 33.1 Å². The Balaban J connectivity index is 1.91. The Hall–Kier alpha value is -0.890. The van der Waals surface area contributed by atoms with Crippen molar-refractivity contribution in [1.82, 2.24) is 4.98 Å². The van der Waals surface area contributed by atoms with E-state index in [0.717, 1.165) is 30.1 Å². The molecule has 1 unspecified atom stereocenters. The zero-order valence-corrected chi connectivity index (χ0v) is 8.61. The molecule has 76 valence electrons. The second-order valence-corrected chi connectivity index (χ2v) is 4.24. The van der Waals surface area contributed by atoms with E-state index in [4.69, 9.17) is 0 Å². The third-order valence-corrected chi connectivity index (χ3v) is 2.80. The fourth-order valence-electron chi connectivity index (χ4n) is 1.70. The standard InChI is InChI=1S/C12H17NO/c1-9-3-2-4-11(13-9)12(14)8-7-10-5-6-10/h2-4,10,12,14H,5-8H2,1H3. The number of aromatic nitrogens is 1. The third kappa shape index (κ3) is 2.55. The van der Waals surface area contributed by atoms with Crippen molar-refractivity contribution in [3.05, 3.63) is 29.6 Å². The van der Waals surface area contributed by atoms with E-state index in [0.29, 0.717) is 0 Å². The number of rotatable bonds is 4. The van der Waals surface area contributed by atoms with Gasteiger partial charge in [0.05, 0.1) is 11.8 Å². The minimum atomic E-state index is -0.365. The molecule has 0 radical (unpaired) electrons. The molecule has 0 bridgehead atoms. The lowest BCUT2D eigenvalue weighted by molar-refractivity contribution is 0.157. The second-order valence-electron chi connectivity index (χ2n) is 4.24. The summed E-state index contributed by atoms with van der Waals surface area (Å²) < 4.78 is 0. The van der Waals surface area contributed by atoms with Crippen LogP contribution in [0.4, 0.5) is 0 Å². The Morgan fingerprint density at radius 3 is 2.93 bits per heavy atom. The van der Waals surface area contributed by atoms with Gasteiger partial charge in [-0.3, -0.25) is 4.98 Å². The van der Waals surface area contributed by atoms with Gasteiger partial charge in [0.15, 0.2) is 0 Å². The smallest absolute Gasteiger partial charge is 0.0960 e. The highest BCUT2D eigenvalue weighted by molar-refractivity contribution is 5.11. The molecule has 1 aromatic heterocycles. The van der Waals surface area contributed by atoms with E-state index in [1.165, 1.54) is 12.8 Å². The minimum Gasteiger partial charge on any atom is -0.387 e. The SMILES string of the molecule is Cc1cccc(C(O)CCC2CC2)n1. The fraction of sp³-hybridized carbons (Fsp3) is 0.583. The first-order valence-electron chi connectivity index (χ1n) is 5.37. The van der Waals surface area contributed by atoms with Gasteiger partial charge >= 0.3 is 0 Å². The van der Waals surface area contributed by atoms with Crippen LogP contribution in [0, 0.1) is 12.8 Å². The van der Waals surface area contributed by atoms with Crippen LogP contribution in [0.3, 0.4) is 0 Å². The molecule has 0 amide bonds. The van der Waals surface area contributed by atoms with Crippen molar-refractivity contribution < 1.29 is 5.11 Å². The number of pyridine rings is 1. The van der Waals surface area contributed by atoms with Crippen molar-refractivity contribution in [1.29, 1.82) is 0 Å². The molecule has 2 heteroatoms. The van der Waals surface area contributed by atoms with Crippen LogP contribution in [0.25, 0.3) is 0 Å². The van der Waals surface area contributed by atoms with Gasteiger partial charge < -0.3 is 5.11 Å². The minimum absolute atomic E-state index is 0.365. The van der Waals surface area contributed by atoms with Crippen LogP contribution in [0.5, 0.6) is 0 Å². The fourth-order valence-corrected chi connectivity index (χ4v) is 1.70. The Labute approximate surface area is 85.0 Å². The van der Waals surface area contributed by atoms with Crippen LogP contribution in [0.1, 0.15) is 43.2 Å². The Morgan fingerprint density at radius 2 is 2.29 bits per heavy atom. The molecule has 1 N–H and O–H groups in total. The average Bonchev–Trinajstić information content (AvgIpc) is 2.97. The van der Waals surface area contributed by atoms with Crippen LogP contribution in [-0.4, -0.2) is 10.1 Å². The van der Waals surface area contributed by atoms with Gasteiger partial charge in [0.25, 0.3) is 0 Å². The molecule has 0 aliphatic heterocycles. The predicted molar refractivity (Wildman–Crippen MR) is 55.9 cm³/mol. The molecule has 2 nitrogen and oxygen atoms in total. The lowest BCUT2D eigenvalue weighted by Gasteiger charge is -2.09. The van der Waals surface area contributed by atoms with Crippen LogP contribution < -0.4 is 0 Å². The highest BCUT2D eigenvalue weighted by Crippen LogP contribution is 2.35. The highest BCUT2D eigenvalue weighted by atomic mass is 16.3. The van der Waals surface area contributed by atoms with Gasteiger partial charge in [-0.25, -0.2) is 0 Å². The van der Waals surface area contributed by atoms with E-state index in [2.05, 4.69) is 4.98 Å². The molecule has 14 heavy (non-hydrogen) atoms. The quantitative estimate of drug-likeness (QED) is 0.793. The van der Waals surface area contributed by atoms with Crippen molar-refractivity contribution in [2.75, 3.05) is 0 Å². The van der Waals surface area contributed by atoms with Crippen LogP contribution >= 0.6 is 0 Å². The van der Waals surface area contributed by atoms with Gasteiger partial charge in [0, 0.05) is 5.69 Å². The molecule has 1 aromatic rings. The van der Waals surface area contributed by atoms with Gasteiger partial charge in [0.2, 0.25) is 0 Å². The zero-order valence-electron chi connectivity index (χ0n) is 8.61. The van der Waals surface area contributed by atoms with Crippen molar-refractivity contribution in [3.8, 4) is 0 Å². The molecule has 0 aromatic carbocycles. The van der Waals surface area contributed by atoms with Crippen LogP contribution in [0.15, 0.2) is 18.2 Å². The van der Waals surface area contributed by atoms with E-state index >= 15 is 0 Å². The maximum Gasteiger partial charge on any atom is 0.0960 e. The molecule has 1 saturated carbocycles. The van der Waals surface area contributed by atoms with Gasteiger partial charge in [-0.15, -0.1) is 0 Å². The van der Waals surface area contributed by atoms with E-state index in [1.807, 2.05) is 25.1 Å².